The van der Waals surface area contributed by atoms with Crippen LogP contribution >= 0.6 is 0 Å². The van der Waals surface area contributed by atoms with Crippen LogP contribution in [0.4, 0.5) is 0 Å². The number of carbonyl (C=O) groups is 4. The van der Waals surface area contributed by atoms with Crippen molar-refractivity contribution in [2.45, 2.75) is 58.3 Å². The van der Waals surface area contributed by atoms with E-state index < -0.39 is 11.9 Å². The number of ether oxygens (including phenoxy) is 1. The van der Waals surface area contributed by atoms with Crippen LogP contribution in [0.5, 0.6) is 5.75 Å². The molecule has 4 amide bonds. The van der Waals surface area contributed by atoms with Crippen molar-refractivity contribution >= 4 is 23.6 Å². The van der Waals surface area contributed by atoms with E-state index in [2.05, 4.69) is 29.3 Å². The number of unbranched alkanes of at least 4 members (excludes halogenated alkanes) is 1. The molecule has 0 aliphatic carbocycles. The molecule has 0 radical (unpaired) electrons. The van der Waals surface area contributed by atoms with Gasteiger partial charge in [-0.1, -0.05) is 43.7 Å². The van der Waals surface area contributed by atoms with Gasteiger partial charge in [-0.2, -0.15) is 0 Å². The van der Waals surface area contributed by atoms with Crippen LogP contribution in [0.2, 0.25) is 0 Å². The second-order valence-corrected chi connectivity index (χ2v) is 10.2. The first-order valence-electron chi connectivity index (χ1n) is 13.4. The molecule has 1 unspecified atom stereocenters. The van der Waals surface area contributed by atoms with Crippen LogP contribution in [-0.2, 0) is 34.1 Å². The van der Waals surface area contributed by atoms with Crippen LogP contribution in [0.15, 0.2) is 42.5 Å². The van der Waals surface area contributed by atoms with Gasteiger partial charge in [0.25, 0.3) is 5.91 Å². The Bertz CT molecular complexity index is 1230. The van der Waals surface area contributed by atoms with Gasteiger partial charge < -0.3 is 14.5 Å². The molecular weight excluding hydrogens is 484 g/mol. The number of fused-ring (bicyclic) bond motifs is 1. The minimum absolute atomic E-state index is 0.208. The summed E-state index contributed by atoms with van der Waals surface area (Å²) in [7, 11) is 0. The van der Waals surface area contributed by atoms with Gasteiger partial charge in [-0.05, 0) is 36.1 Å². The van der Waals surface area contributed by atoms with Gasteiger partial charge >= 0.3 is 0 Å². The number of nitrogens with zero attached hydrogens (tertiary/aromatic N) is 3. The Hall–Kier alpha value is -3.72. The maximum atomic E-state index is 13.0. The molecule has 9 heteroatoms. The van der Waals surface area contributed by atoms with Crippen molar-refractivity contribution in [3.63, 3.8) is 0 Å². The van der Waals surface area contributed by atoms with Gasteiger partial charge in [0.2, 0.25) is 17.7 Å². The molecule has 9 nitrogen and oxygen atoms in total. The summed E-state index contributed by atoms with van der Waals surface area (Å²) >= 11 is 0. The molecule has 3 aliphatic heterocycles. The zero-order valence-corrected chi connectivity index (χ0v) is 21.8. The molecule has 0 spiro atoms. The Morgan fingerprint density at radius 2 is 1.76 bits per heavy atom. The van der Waals surface area contributed by atoms with E-state index in [4.69, 9.17) is 4.74 Å². The van der Waals surface area contributed by atoms with Crippen LogP contribution in [0.1, 0.15) is 59.7 Å². The quantitative estimate of drug-likeness (QED) is 0.512. The number of nitrogens with one attached hydrogen (secondary N) is 1. The molecule has 3 heterocycles. The van der Waals surface area contributed by atoms with E-state index in [-0.39, 0.29) is 30.7 Å². The van der Waals surface area contributed by atoms with Gasteiger partial charge in [-0.3, -0.25) is 29.4 Å². The molecule has 2 aromatic carbocycles. The highest BCUT2D eigenvalue weighted by Crippen LogP contribution is 2.34. The van der Waals surface area contributed by atoms with Crippen LogP contribution < -0.4 is 10.1 Å². The second-order valence-electron chi connectivity index (χ2n) is 10.2. The summed E-state index contributed by atoms with van der Waals surface area (Å²) in [6.45, 7) is 6.48. The lowest BCUT2D eigenvalue weighted by Gasteiger charge is -2.34. The van der Waals surface area contributed by atoms with E-state index >= 15 is 0 Å². The first kappa shape index (κ1) is 25.9. The van der Waals surface area contributed by atoms with Gasteiger partial charge in [0.1, 0.15) is 18.4 Å². The molecule has 2 aromatic rings. The average Bonchev–Trinajstić information content (AvgIpc) is 3.24. The summed E-state index contributed by atoms with van der Waals surface area (Å²) in [4.78, 5) is 55.0. The summed E-state index contributed by atoms with van der Waals surface area (Å²) < 4.78 is 6.12. The van der Waals surface area contributed by atoms with Crippen LogP contribution in [0.3, 0.4) is 0 Å². The van der Waals surface area contributed by atoms with Crippen molar-refractivity contribution < 1.29 is 23.9 Å². The summed E-state index contributed by atoms with van der Waals surface area (Å²) in [5.41, 5.74) is 3.45. The molecule has 2 fully saturated rings. The van der Waals surface area contributed by atoms with E-state index in [1.165, 1.54) is 4.90 Å². The third-order valence-corrected chi connectivity index (χ3v) is 7.54. The number of imide groups is 1. The van der Waals surface area contributed by atoms with Gasteiger partial charge in [-0.25, -0.2) is 0 Å². The number of piperidine rings is 1. The summed E-state index contributed by atoms with van der Waals surface area (Å²) in [5, 5.41) is 2.33. The van der Waals surface area contributed by atoms with Gasteiger partial charge in [-0.15, -0.1) is 0 Å². The van der Waals surface area contributed by atoms with E-state index in [0.29, 0.717) is 30.9 Å². The van der Waals surface area contributed by atoms with Crippen LogP contribution in [0.25, 0.3) is 0 Å². The normalized spacial score (nSPS) is 20.1. The summed E-state index contributed by atoms with van der Waals surface area (Å²) in [5.74, 6) is -0.112. The Kier molecular flexibility index (Phi) is 7.74. The Labute approximate surface area is 222 Å². The van der Waals surface area contributed by atoms with E-state index in [0.717, 1.165) is 55.7 Å². The molecule has 0 aromatic heterocycles. The molecule has 3 aliphatic rings. The predicted molar refractivity (Wildman–Crippen MR) is 140 cm³/mol. The number of piperazine rings is 1. The first-order chi connectivity index (χ1) is 18.4. The molecular formula is C29H34N4O5. The van der Waals surface area contributed by atoms with Crippen molar-refractivity contribution in [2.24, 2.45) is 0 Å². The van der Waals surface area contributed by atoms with E-state index in [1.807, 2.05) is 23.1 Å². The predicted octanol–water partition coefficient (Wildman–Crippen LogP) is 2.47. The van der Waals surface area contributed by atoms with Crippen LogP contribution in [0, 0.1) is 0 Å². The number of hydrogen-bond acceptors (Lipinski definition) is 6. The zero-order chi connectivity index (χ0) is 26.6. The van der Waals surface area contributed by atoms with Gasteiger partial charge in [0.15, 0.2) is 0 Å². The number of rotatable bonds is 9. The first-order valence-corrected chi connectivity index (χ1v) is 13.4. The Morgan fingerprint density at radius 1 is 0.974 bits per heavy atom. The standard InChI is InChI=1S/C29H34N4O5/c1-2-3-13-32-15-14-31(18-27(32)35)16-20-7-9-21(10-8-20)19-38-25-6-4-5-22-23(25)17-33(29(22)37)24-11-12-26(34)30-28(24)36/h4-10,24H,2-3,11-19H2,1H3,(H,30,34,36). The molecule has 1 atom stereocenters. The zero-order valence-electron chi connectivity index (χ0n) is 21.8. The Morgan fingerprint density at radius 3 is 2.50 bits per heavy atom. The number of amides is 4. The number of benzene rings is 2. The topological polar surface area (TPSA) is 99.3 Å². The SMILES string of the molecule is CCCCN1CCN(Cc2ccc(COc3cccc4c3CN(C3CCC(=O)NC3=O)C4=O)cc2)CC1=O. The molecule has 5 rings (SSSR count). The monoisotopic (exact) mass is 518 g/mol. The van der Waals surface area contributed by atoms with Crippen molar-refractivity contribution in [3.05, 3.63) is 64.7 Å². The van der Waals surface area contributed by atoms with Crippen molar-refractivity contribution in [2.75, 3.05) is 26.2 Å². The van der Waals surface area contributed by atoms with Crippen molar-refractivity contribution in [1.29, 1.82) is 0 Å². The van der Waals surface area contributed by atoms with E-state index in [1.54, 1.807) is 12.1 Å². The maximum Gasteiger partial charge on any atom is 0.255 e. The average molecular weight is 519 g/mol. The fourth-order valence-electron chi connectivity index (χ4n) is 5.33. The summed E-state index contributed by atoms with van der Waals surface area (Å²) in [6, 6.07) is 12.9. The molecule has 0 saturated carbocycles. The third kappa shape index (κ3) is 5.57. The minimum Gasteiger partial charge on any atom is -0.489 e. The van der Waals surface area contributed by atoms with Crippen LogP contribution in [-0.4, -0.2) is 70.5 Å². The third-order valence-electron chi connectivity index (χ3n) is 7.54. The lowest BCUT2D eigenvalue weighted by atomic mass is 10.0. The molecule has 0 bridgehead atoms. The van der Waals surface area contributed by atoms with Crippen molar-refractivity contribution in [3.8, 4) is 5.75 Å². The fraction of sp³-hybridized carbons (Fsp3) is 0.448. The van der Waals surface area contributed by atoms with Gasteiger partial charge in [0.05, 0.1) is 13.1 Å². The minimum atomic E-state index is -0.650. The highest BCUT2D eigenvalue weighted by atomic mass is 16.5. The smallest absolute Gasteiger partial charge is 0.255 e. The fourth-order valence-corrected chi connectivity index (χ4v) is 5.33. The molecule has 2 saturated heterocycles. The largest absolute Gasteiger partial charge is 0.489 e. The highest BCUT2D eigenvalue weighted by molar-refractivity contribution is 6.05. The lowest BCUT2D eigenvalue weighted by molar-refractivity contribution is -0.137. The number of hydrogen-bond donors (Lipinski definition) is 1. The second kappa shape index (κ2) is 11.3. The highest BCUT2D eigenvalue weighted by Gasteiger charge is 2.40. The van der Waals surface area contributed by atoms with Gasteiger partial charge in [0, 0.05) is 43.7 Å². The molecule has 38 heavy (non-hydrogen) atoms. The van der Waals surface area contributed by atoms with Crippen molar-refractivity contribution in [1.82, 2.24) is 20.0 Å². The maximum absolute atomic E-state index is 13.0. The number of carbonyl (C=O) groups excluding carboxylic acids is 4. The van der Waals surface area contributed by atoms with E-state index in [9.17, 15) is 19.2 Å². The summed E-state index contributed by atoms with van der Waals surface area (Å²) in [6.07, 6.45) is 2.70. The Balaban J connectivity index is 1.16. The molecule has 1 N–H and O–H groups in total. The molecule has 200 valence electrons. The lowest BCUT2D eigenvalue weighted by Crippen LogP contribution is -2.52.